The van der Waals surface area contributed by atoms with Crippen LogP contribution in [-0.2, 0) is 16.0 Å². The lowest BCUT2D eigenvalue weighted by Gasteiger charge is -2.36. The van der Waals surface area contributed by atoms with Crippen molar-refractivity contribution in [2.45, 2.75) is 31.7 Å². The van der Waals surface area contributed by atoms with Gasteiger partial charge in [0.2, 0.25) is 0 Å². The van der Waals surface area contributed by atoms with Crippen molar-refractivity contribution in [3.63, 3.8) is 0 Å². The van der Waals surface area contributed by atoms with Crippen LogP contribution < -0.4 is 5.32 Å². The van der Waals surface area contributed by atoms with Crippen LogP contribution in [0.4, 0.5) is 10.1 Å². The standard InChI is InChI=1S/C13H16FNO2/c1-3-13(12(16)17-2)8-7-9-5-4-6-10(14)11(9)15-13/h4-6,15H,3,7-8H2,1-2H3. The summed E-state index contributed by atoms with van der Waals surface area (Å²) < 4.78 is 18.5. The number of benzene rings is 1. The fourth-order valence-corrected chi connectivity index (χ4v) is 2.32. The molecule has 1 N–H and O–H groups in total. The monoisotopic (exact) mass is 237 g/mol. The zero-order valence-electron chi connectivity index (χ0n) is 10.0. The highest BCUT2D eigenvalue weighted by Crippen LogP contribution is 2.35. The first-order chi connectivity index (χ1) is 8.13. The van der Waals surface area contributed by atoms with E-state index in [0.717, 1.165) is 5.56 Å². The number of methoxy groups -OCH3 is 1. The molecule has 1 aromatic rings. The number of anilines is 1. The van der Waals surface area contributed by atoms with Gasteiger partial charge in [-0.05, 0) is 30.9 Å². The van der Waals surface area contributed by atoms with Gasteiger partial charge in [0.25, 0.3) is 0 Å². The van der Waals surface area contributed by atoms with E-state index in [-0.39, 0.29) is 11.8 Å². The molecule has 0 bridgehead atoms. The van der Waals surface area contributed by atoms with Crippen LogP contribution in [0.15, 0.2) is 18.2 Å². The van der Waals surface area contributed by atoms with E-state index in [1.165, 1.54) is 13.2 Å². The zero-order chi connectivity index (χ0) is 12.5. The summed E-state index contributed by atoms with van der Waals surface area (Å²) in [7, 11) is 1.36. The molecule has 1 aliphatic heterocycles. The molecule has 2 rings (SSSR count). The number of halogens is 1. The number of ether oxygens (including phenoxy) is 1. The smallest absolute Gasteiger partial charge is 0.331 e. The number of hydrogen-bond acceptors (Lipinski definition) is 3. The van der Waals surface area contributed by atoms with Crippen molar-refractivity contribution in [1.29, 1.82) is 0 Å². The van der Waals surface area contributed by atoms with E-state index in [4.69, 9.17) is 4.74 Å². The number of aryl methyl sites for hydroxylation is 1. The predicted octanol–water partition coefficient (Wildman–Crippen LogP) is 2.51. The number of esters is 1. The lowest BCUT2D eigenvalue weighted by molar-refractivity contribution is -0.146. The van der Waals surface area contributed by atoms with E-state index in [0.29, 0.717) is 24.9 Å². The fraction of sp³-hybridized carbons (Fsp3) is 0.462. The molecule has 0 saturated heterocycles. The highest BCUT2D eigenvalue weighted by Gasteiger charge is 2.41. The van der Waals surface area contributed by atoms with Crippen molar-refractivity contribution in [3.8, 4) is 0 Å². The maximum atomic E-state index is 13.7. The Morgan fingerprint density at radius 1 is 1.59 bits per heavy atom. The minimum absolute atomic E-state index is 0.316. The maximum Gasteiger partial charge on any atom is 0.331 e. The van der Waals surface area contributed by atoms with Crippen LogP contribution in [-0.4, -0.2) is 18.6 Å². The Morgan fingerprint density at radius 2 is 2.35 bits per heavy atom. The first-order valence-corrected chi connectivity index (χ1v) is 5.77. The number of hydrogen-bond donors (Lipinski definition) is 1. The van der Waals surface area contributed by atoms with E-state index >= 15 is 0 Å². The molecule has 1 aromatic carbocycles. The molecule has 17 heavy (non-hydrogen) atoms. The SMILES string of the molecule is CCC1(C(=O)OC)CCc2cccc(F)c2N1. The van der Waals surface area contributed by atoms with Gasteiger partial charge in [0, 0.05) is 0 Å². The average molecular weight is 237 g/mol. The van der Waals surface area contributed by atoms with Crippen LogP contribution in [0, 0.1) is 5.82 Å². The van der Waals surface area contributed by atoms with E-state index < -0.39 is 5.54 Å². The van der Waals surface area contributed by atoms with Gasteiger partial charge in [-0.3, -0.25) is 0 Å². The first kappa shape index (κ1) is 11.9. The molecule has 0 radical (unpaired) electrons. The Balaban J connectivity index is 2.39. The average Bonchev–Trinajstić information content (AvgIpc) is 2.38. The van der Waals surface area contributed by atoms with Crippen LogP contribution in [0.1, 0.15) is 25.3 Å². The topological polar surface area (TPSA) is 38.3 Å². The Labute approximate surface area is 100.0 Å². The molecular weight excluding hydrogens is 221 g/mol. The molecule has 0 saturated carbocycles. The second-order valence-electron chi connectivity index (χ2n) is 4.33. The lowest BCUT2D eigenvalue weighted by Crippen LogP contribution is -2.49. The normalized spacial score (nSPS) is 22.5. The van der Waals surface area contributed by atoms with Crippen LogP contribution >= 0.6 is 0 Å². The second kappa shape index (κ2) is 4.35. The third-order valence-electron chi connectivity index (χ3n) is 3.46. The van der Waals surface area contributed by atoms with Gasteiger partial charge in [-0.2, -0.15) is 0 Å². The molecule has 1 atom stereocenters. The summed E-state index contributed by atoms with van der Waals surface area (Å²) in [6.07, 6.45) is 1.89. The van der Waals surface area contributed by atoms with Gasteiger partial charge in [-0.25, -0.2) is 9.18 Å². The van der Waals surface area contributed by atoms with Crippen molar-refractivity contribution in [2.75, 3.05) is 12.4 Å². The second-order valence-corrected chi connectivity index (χ2v) is 4.33. The Morgan fingerprint density at radius 3 is 3.00 bits per heavy atom. The van der Waals surface area contributed by atoms with Crippen molar-refractivity contribution in [3.05, 3.63) is 29.6 Å². The summed E-state index contributed by atoms with van der Waals surface area (Å²) in [6, 6.07) is 4.96. The zero-order valence-corrected chi connectivity index (χ0v) is 10.0. The van der Waals surface area contributed by atoms with Gasteiger partial charge in [0.15, 0.2) is 0 Å². The quantitative estimate of drug-likeness (QED) is 0.803. The molecule has 4 heteroatoms. The van der Waals surface area contributed by atoms with Gasteiger partial charge in [0.05, 0.1) is 12.8 Å². The molecular formula is C13H16FNO2. The third-order valence-corrected chi connectivity index (χ3v) is 3.46. The lowest BCUT2D eigenvalue weighted by atomic mass is 9.84. The van der Waals surface area contributed by atoms with Crippen molar-refractivity contribution >= 4 is 11.7 Å². The molecule has 0 aromatic heterocycles. The van der Waals surface area contributed by atoms with E-state index in [2.05, 4.69) is 5.32 Å². The van der Waals surface area contributed by atoms with Crippen molar-refractivity contribution in [2.24, 2.45) is 0 Å². The van der Waals surface area contributed by atoms with Crippen LogP contribution in [0.5, 0.6) is 0 Å². The van der Waals surface area contributed by atoms with Crippen LogP contribution in [0.25, 0.3) is 0 Å². The third kappa shape index (κ3) is 1.88. The molecule has 3 nitrogen and oxygen atoms in total. The fourth-order valence-electron chi connectivity index (χ4n) is 2.32. The number of fused-ring (bicyclic) bond motifs is 1. The highest BCUT2D eigenvalue weighted by atomic mass is 19.1. The Hall–Kier alpha value is -1.58. The molecule has 92 valence electrons. The first-order valence-electron chi connectivity index (χ1n) is 5.77. The van der Waals surface area contributed by atoms with Gasteiger partial charge in [-0.1, -0.05) is 19.1 Å². The van der Waals surface area contributed by atoms with E-state index in [1.807, 2.05) is 13.0 Å². The number of carbonyl (C=O) groups is 1. The van der Waals surface area contributed by atoms with Gasteiger partial charge < -0.3 is 10.1 Å². The number of carbonyl (C=O) groups excluding carboxylic acids is 1. The van der Waals surface area contributed by atoms with Crippen LogP contribution in [0.2, 0.25) is 0 Å². The summed E-state index contributed by atoms with van der Waals surface area (Å²) in [5.41, 5.74) is 0.563. The highest BCUT2D eigenvalue weighted by molar-refractivity contribution is 5.85. The Kier molecular flexibility index (Phi) is 3.05. The molecule has 0 aliphatic carbocycles. The van der Waals surface area contributed by atoms with Gasteiger partial charge in [0.1, 0.15) is 11.4 Å². The summed E-state index contributed by atoms with van der Waals surface area (Å²) in [5.74, 6) is -0.641. The molecule has 0 amide bonds. The summed E-state index contributed by atoms with van der Waals surface area (Å²) in [6.45, 7) is 1.90. The maximum absolute atomic E-state index is 13.7. The van der Waals surface area contributed by atoms with Crippen molar-refractivity contribution in [1.82, 2.24) is 0 Å². The summed E-state index contributed by atoms with van der Waals surface area (Å²) in [4.78, 5) is 11.8. The molecule has 1 unspecified atom stereocenters. The van der Waals surface area contributed by atoms with E-state index in [9.17, 15) is 9.18 Å². The molecule has 1 aliphatic rings. The number of rotatable bonds is 2. The molecule has 1 heterocycles. The Bertz CT molecular complexity index is 447. The van der Waals surface area contributed by atoms with Crippen LogP contribution in [0.3, 0.4) is 0 Å². The minimum Gasteiger partial charge on any atom is -0.467 e. The van der Waals surface area contributed by atoms with Gasteiger partial charge >= 0.3 is 5.97 Å². The molecule has 0 fully saturated rings. The summed E-state index contributed by atoms with van der Waals surface area (Å²) >= 11 is 0. The number of nitrogens with one attached hydrogen (secondary N) is 1. The summed E-state index contributed by atoms with van der Waals surface area (Å²) in [5, 5.41) is 3.03. The predicted molar refractivity (Wildman–Crippen MR) is 63.4 cm³/mol. The largest absolute Gasteiger partial charge is 0.467 e. The molecule has 0 spiro atoms. The van der Waals surface area contributed by atoms with E-state index in [1.54, 1.807) is 6.07 Å². The number of para-hydroxylation sites is 1. The minimum atomic E-state index is -0.788. The van der Waals surface area contributed by atoms with Crippen molar-refractivity contribution < 1.29 is 13.9 Å². The van der Waals surface area contributed by atoms with Gasteiger partial charge in [-0.15, -0.1) is 0 Å².